The molecule has 0 aliphatic carbocycles. The average molecular weight is 338 g/mol. The van der Waals surface area contributed by atoms with Crippen molar-refractivity contribution in [1.29, 1.82) is 0 Å². The molecule has 7 nitrogen and oxygen atoms in total. The molecule has 0 amide bonds. The van der Waals surface area contributed by atoms with Gasteiger partial charge in [-0.2, -0.15) is 0 Å². The molecule has 3 aromatic rings. The van der Waals surface area contributed by atoms with Gasteiger partial charge in [-0.25, -0.2) is 15.0 Å². The second kappa shape index (κ2) is 7.06. The Hall–Kier alpha value is -2.67. The van der Waals surface area contributed by atoms with Crippen molar-refractivity contribution in [2.24, 2.45) is 0 Å². The van der Waals surface area contributed by atoms with Crippen molar-refractivity contribution >= 4 is 22.7 Å². The third-order valence-electron chi connectivity index (χ3n) is 4.49. The topological polar surface area (TPSA) is 68.1 Å². The lowest BCUT2D eigenvalue weighted by Gasteiger charge is -2.29. The molecule has 1 N–H and O–H groups in total. The maximum absolute atomic E-state index is 5.43. The largest absolute Gasteiger partial charge is 0.378 e. The lowest BCUT2D eigenvalue weighted by atomic mass is 10.1. The van der Waals surface area contributed by atoms with Gasteiger partial charge in [0.05, 0.1) is 19.5 Å². The van der Waals surface area contributed by atoms with Crippen LogP contribution in [0.15, 0.2) is 36.9 Å². The molecule has 0 bridgehead atoms. The van der Waals surface area contributed by atoms with Crippen LogP contribution in [0.2, 0.25) is 0 Å². The zero-order chi connectivity index (χ0) is 17.1. The Bertz CT molecular complexity index is 856. The van der Waals surface area contributed by atoms with Gasteiger partial charge in [0.15, 0.2) is 11.5 Å². The van der Waals surface area contributed by atoms with Crippen molar-refractivity contribution < 1.29 is 4.74 Å². The molecule has 1 aromatic carbocycles. The Balaban J connectivity index is 1.51. The number of anilines is 2. The van der Waals surface area contributed by atoms with E-state index in [9.17, 15) is 0 Å². The van der Waals surface area contributed by atoms with Gasteiger partial charge in [-0.3, -0.25) is 0 Å². The van der Waals surface area contributed by atoms with Crippen LogP contribution in [0.5, 0.6) is 0 Å². The molecular weight excluding hydrogens is 316 g/mol. The SMILES string of the molecule is CCn1cnc2c(NCc3cccc(N4CCOCC4)c3)ncnc21. The summed E-state index contributed by atoms with van der Waals surface area (Å²) in [7, 11) is 0. The van der Waals surface area contributed by atoms with Crippen LogP contribution >= 0.6 is 0 Å². The number of nitrogens with one attached hydrogen (secondary N) is 1. The normalized spacial score (nSPS) is 14.8. The van der Waals surface area contributed by atoms with Gasteiger partial charge in [-0.1, -0.05) is 12.1 Å². The van der Waals surface area contributed by atoms with E-state index in [0.717, 1.165) is 49.8 Å². The number of benzene rings is 1. The summed E-state index contributed by atoms with van der Waals surface area (Å²) in [4.78, 5) is 15.5. The van der Waals surface area contributed by atoms with Gasteiger partial charge >= 0.3 is 0 Å². The fourth-order valence-corrected chi connectivity index (χ4v) is 3.11. The quantitative estimate of drug-likeness (QED) is 0.770. The second-order valence-electron chi connectivity index (χ2n) is 6.05. The van der Waals surface area contributed by atoms with Gasteiger partial charge < -0.3 is 19.5 Å². The van der Waals surface area contributed by atoms with Crippen molar-refractivity contribution in [3.63, 3.8) is 0 Å². The zero-order valence-corrected chi connectivity index (χ0v) is 14.4. The van der Waals surface area contributed by atoms with E-state index in [4.69, 9.17) is 4.74 Å². The minimum atomic E-state index is 0.698. The van der Waals surface area contributed by atoms with Gasteiger partial charge in [-0.15, -0.1) is 0 Å². The number of fused-ring (bicyclic) bond motifs is 1. The summed E-state index contributed by atoms with van der Waals surface area (Å²) in [6.45, 7) is 7.09. The molecule has 1 aliphatic heterocycles. The van der Waals surface area contributed by atoms with E-state index in [-0.39, 0.29) is 0 Å². The van der Waals surface area contributed by atoms with Crippen LogP contribution in [0.3, 0.4) is 0 Å². The third kappa shape index (κ3) is 3.28. The number of aromatic nitrogens is 4. The summed E-state index contributed by atoms with van der Waals surface area (Å²) in [6, 6.07) is 8.60. The molecule has 4 rings (SSSR count). The average Bonchev–Trinajstić information content (AvgIpc) is 3.11. The Morgan fingerprint density at radius 2 is 2.04 bits per heavy atom. The summed E-state index contributed by atoms with van der Waals surface area (Å²) < 4.78 is 7.45. The highest BCUT2D eigenvalue weighted by Crippen LogP contribution is 2.20. The van der Waals surface area contributed by atoms with E-state index >= 15 is 0 Å². The van der Waals surface area contributed by atoms with Gasteiger partial charge in [0.2, 0.25) is 0 Å². The number of nitrogens with zero attached hydrogens (tertiary/aromatic N) is 5. The van der Waals surface area contributed by atoms with Crippen LogP contribution in [0, 0.1) is 0 Å². The molecule has 0 spiro atoms. The fourth-order valence-electron chi connectivity index (χ4n) is 3.11. The van der Waals surface area contributed by atoms with Gasteiger partial charge in [0.25, 0.3) is 0 Å². The van der Waals surface area contributed by atoms with E-state index in [0.29, 0.717) is 6.54 Å². The maximum Gasteiger partial charge on any atom is 0.165 e. The Morgan fingerprint density at radius 3 is 2.88 bits per heavy atom. The summed E-state index contributed by atoms with van der Waals surface area (Å²) >= 11 is 0. The standard InChI is InChI=1S/C18H22N6O/c1-2-23-13-22-16-17(20-12-21-18(16)23)19-11-14-4-3-5-15(10-14)24-6-8-25-9-7-24/h3-5,10,12-13H,2,6-9,11H2,1H3,(H,19,20,21). The molecule has 0 unspecified atom stereocenters. The number of aryl methyl sites for hydroxylation is 1. The predicted molar refractivity (Wildman–Crippen MR) is 97.8 cm³/mol. The van der Waals surface area contributed by atoms with Crippen LogP contribution in [-0.4, -0.2) is 45.8 Å². The summed E-state index contributed by atoms with van der Waals surface area (Å²) in [6.07, 6.45) is 3.40. The van der Waals surface area contributed by atoms with Crippen LogP contribution < -0.4 is 10.2 Å². The molecule has 1 saturated heterocycles. The smallest absolute Gasteiger partial charge is 0.165 e. The van der Waals surface area contributed by atoms with Crippen molar-refractivity contribution in [3.8, 4) is 0 Å². The highest BCUT2D eigenvalue weighted by Gasteiger charge is 2.12. The monoisotopic (exact) mass is 338 g/mol. The zero-order valence-electron chi connectivity index (χ0n) is 14.4. The first kappa shape index (κ1) is 15.8. The van der Waals surface area contributed by atoms with Crippen molar-refractivity contribution in [1.82, 2.24) is 19.5 Å². The van der Waals surface area contributed by atoms with Crippen molar-refractivity contribution in [2.45, 2.75) is 20.0 Å². The Morgan fingerprint density at radius 1 is 1.16 bits per heavy atom. The number of morpholine rings is 1. The maximum atomic E-state index is 5.43. The Kier molecular flexibility index (Phi) is 4.47. The van der Waals surface area contributed by atoms with E-state index in [2.05, 4.69) is 56.4 Å². The first-order valence-electron chi connectivity index (χ1n) is 8.66. The summed E-state index contributed by atoms with van der Waals surface area (Å²) in [5.41, 5.74) is 4.13. The number of hydrogen-bond acceptors (Lipinski definition) is 6. The summed E-state index contributed by atoms with van der Waals surface area (Å²) in [5.74, 6) is 0.772. The molecule has 25 heavy (non-hydrogen) atoms. The first-order valence-corrected chi connectivity index (χ1v) is 8.66. The van der Waals surface area contributed by atoms with Crippen LogP contribution in [0.4, 0.5) is 11.5 Å². The molecule has 0 atom stereocenters. The van der Waals surface area contributed by atoms with Gasteiger partial charge in [0.1, 0.15) is 11.8 Å². The first-order chi connectivity index (χ1) is 12.3. The van der Waals surface area contributed by atoms with Gasteiger partial charge in [-0.05, 0) is 24.6 Å². The molecule has 3 heterocycles. The molecule has 130 valence electrons. The van der Waals surface area contributed by atoms with Crippen molar-refractivity contribution in [3.05, 3.63) is 42.5 Å². The van der Waals surface area contributed by atoms with Gasteiger partial charge in [0, 0.05) is 31.9 Å². The van der Waals surface area contributed by atoms with E-state index in [1.807, 2.05) is 10.9 Å². The van der Waals surface area contributed by atoms with Crippen molar-refractivity contribution in [2.75, 3.05) is 36.5 Å². The highest BCUT2D eigenvalue weighted by atomic mass is 16.5. The predicted octanol–water partition coefficient (Wildman–Crippen LogP) is 2.29. The number of imidazole rings is 1. The van der Waals surface area contributed by atoms with Crippen LogP contribution in [0.1, 0.15) is 12.5 Å². The lowest BCUT2D eigenvalue weighted by molar-refractivity contribution is 0.122. The van der Waals surface area contributed by atoms with E-state index < -0.39 is 0 Å². The lowest BCUT2D eigenvalue weighted by Crippen LogP contribution is -2.36. The Labute approximate surface area is 146 Å². The molecule has 0 radical (unpaired) electrons. The van der Waals surface area contributed by atoms with Crippen LogP contribution in [-0.2, 0) is 17.8 Å². The minimum Gasteiger partial charge on any atom is -0.378 e. The minimum absolute atomic E-state index is 0.698. The fraction of sp³-hybridized carbons (Fsp3) is 0.389. The molecular formula is C18H22N6O. The van der Waals surface area contributed by atoms with E-state index in [1.54, 1.807) is 6.33 Å². The highest BCUT2D eigenvalue weighted by molar-refractivity contribution is 5.82. The molecule has 1 aliphatic rings. The van der Waals surface area contributed by atoms with E-state index in [1.165, 1.54) is 11.3 Å². The number of ether oxygens (including phenoxy) is 1. The molecule has 7 heteroatoms. The van der Waals surface area contributed by atoms with Crippen LogP contribution in [0.25, 0.3) is 11.2 Å². The second-order valence-corrected chi connectivity index (χ2v) is 6.05. The number of rotatable bonds is 5. The summed E-state index contributed by atoms with van der Waals surface area (Å²) in [5, 5.41) is 3.40. The molecule has 0 saturated carbocycles. The molecule has 2 aromatic heterocycles. The third-order valence-corrected chi connectivity index (χ3v) is 4.49. The number of hydrogen-bond donors (Lipinski definition) is 1. The molecule has 1 fully saturated rings.